The highest BCUT2D eigenvalue weighted by Gasteiger charge is 2.20. The molecule has 1 unspecified atom stereocenters. The molecule has 0 saturated carbocycles. The van der Waals surface area contributed by atoms with E-state index in [9.17, 15) is 0 Å². The lowest BCUT2D eigenvalue weighted by molar-refractivity contribution is 0.548. The molecule has 3 aromatic rings. The molecule has 1 heterocycles. The van der Waals surface area contributed by atoms with Gasteiger partial charge in [0.1, 0.15) is 5.69 Å². The van der Waals surface area contributed by atoms with E-state index in [1.165, 1.54) is 0 Å². The molecule has 0 fully saturated rings. The van der Waals surface area contributed by atoms with Gasteiger partial charge in [-0.15, -0.1) is 5.10 Å². The Morgan fingerprint density at radius 2 is 1.77 bits per heavy atom. The van der Waals surface area contributed by atoms with Gasteiger partial charge in [0, 0.05) is 12.1 Å². The first-order valence-corrected chi connectivity index (χ1v) is 7.54. The van der Waals surface area contributed by atoms with Gasteiger partial charge >= 0.3 is 0 Å². The number of halogens is 1. The molecule has 0 aliphatic rings. The quantitative estimate of drug-likeness (QED) is 0.799. The minimum atomic E-state index is 0.0419. The van der Waals surface area contributed by atoms with Crippen LogP contribution in [0.5, 0.6) is 0 Å². The van der Waals surface area contributed by atoms with Crippen molar-refractivity contribution in [2.45, 2.75) is 19.5 Å². The summed E-state index contributed by atoms with van der Waals surface area (Å²) in [5.41, 5.74) is 9.51. The zero-order chi connectivity index (χ0) is 15.5. The Balaban J connectivity index is 2.14. The highest BCUT2D eigenvalue weighted by Crippen LogP contribution is 2.32. The van der Waals surface area contributed by atoms with Gasteiger partial charge in [0.25, 0.3) is 0 Å². The summed E-state index contributed by atoms with van der Waals surface area (Å²) in [5, 5.41) is 9.20. The molecule has 0 aliphatic carbocycles. The first-order valence-electron chi connectivity index (χ1n) is 7.16. The van der Waals surface area contributed by atoms with E-state index in [0.717, 1.165) is 22.5 Å². The van der Waals surface area contributed by atoms with E-state index in [0.29, 0.717) is 11.6 Å². The predicted molar refractivity (Wildman–Crippen MR) is 88.6 cm³/mol. The number of hydrogen-bond donors (Lipinski definition) is 1. The average Bonchev–Trinajstić information content (AvgIpc) is 2.99. The van der Waals surface area contributed by atoms with Crippen molar-refractivity contribution in [3.8, 4) is 11.3 Å². The second-order valence-electron chi connectivity index (χ2n) is 5.10. The molecule has 0 radical (unpaired) electrons. The summed E-state index contributed by atoms with van der Waals surface area (Å²) in [6.07, 6.45) is 0. The van der Waals surface area contributed by atoms with E-state index in [2.05, 4.69) is 29.4 Å². The third-order valence-electron chi connectivity index (χ3n) is 3.74. The van der Waals surface area contributed by atoms with E-state index >= 15 is 0 Å². The molecule has 2 N–H and O–H groups in total. The van der Waals surface area contributed by atoms with E-state index in [1.54, 1.807) is 0 Å². The maximum atomic E-state index is 6.36. The molecule has 22 heavy (non-hydrogen) atoms. The van der Waals surface area contributed by atoms with Crippen molar-refractivity contribution < 1.29 is 0 Å². The summed E-state index contributed by atoms with van der Waals surface area (Å²) >= 11 is 6.36. The SMILES string of the molecule is CC(c1ccccc1)n1nnc(CN)c1-c1ccccc1Cl. The fourth-order valence-electron chi connectivity index (χ4n) is 2.54. The van der Waals surface area contributed by atoms with Gasteiger partial charge in [0.15, 0.2) is 0 Å². The van der Waals surface area contributed by atoms with Crippen LogP contribution in [0.25, 0.3) is 11.3 Å². The molecule has 112 valence electrons. The molecule has 2 aromatic carbocycles. The molecule has 3 rings (SSSR count). The third-order valence-corrected chi connectivity index (χ3v) is 4.06. The second-order valence-corrected chi connectivity index (χ2v) is 5.51. The van der Waals surface area contributed by atoms with E-state index < -0.39 is 0 Å². The second kappa shape index (κ2) is 6.30. The Morgan fingerprint density at radius 3 is 2.45 bits per heavy atom. The number of benzene rings is 2. The molecule has 4 nitrogen and oxygen atoms in total. The minimum Gasteiger partial charge on any atom is -0.325 e. The molecule has 0 amide bonds. The molecule has 0 saturated heterocycles. The van der Waals surface area contributed by atoms with Gasteiger partial charge < -0.3 is 5.73 Å². The van der Waals surface area contributed by atoms with Crippen LogP contribution in [0.1, 0.15) is 24.2 Å². The summed E-state index contributed by atoms with van der Waals surface area (Å²) in [6, 6.07) is 17.9. The van der Waals surface area contributed by atoms with Crippen LogP contribution in [0.3, 0.4) is 0 Å². The molecule has 5 heteroatoms. The molecule has 0 aliphatic heterocycles. The van der Waals surface area contributed by atoms with Crippen LogP contribution in [0.2, 0.25) is 5.02 Å². The maximum absolute atomic E-state index is 6.36. The Kier molecular flexibility index (Phi) is 4.22. The van der Waals surface area contributed by atoms with Crippen LogP contribution in [0.15, 0.2) is 54.6 Å². The highest BCUT2D eigenvalue weighted by molar-refractivity contribution is 6.33. The maximum Gasteiger partial charge on any atom is 0.104 e. The first-order chi connectivity index (χ1) is 10.7. The van der Waals surface area contributed by atoms with Crippen LogP contribution >= 0.6 is 11.6 Å². The van der Waals surface area contributed by atoms with E-state index in [-0.39, 0.29) is 6.04 Å². The van der Waals surface area contributed by atoms with Gasteiger partial charge in [-0.3, -0.25) is 0 Å². The topological polar surface area (TPSA) is 56.7 Å². The predicted octanol–water partition coefficient (Wildman–Crippen LogP) is 3.67. The molecule has 1 aromatic heterocycles. The summed E-state index contributed by atoms with van der Waals surface area (Å²) < 4.78 is 1.89. The van der Waals surface area contributed by atoms with Crippen LogP contribution in [0, 0.1) is 0 Å². The Hall–Kier alpha value is -2.17. The Labute approximate surface area is 134 Å². The Bertz CT molecular complexity index is 767. The van der Waals surface area contributed by atoms with Crippen molar-refractivity contribution in [3.63, 3.8) is 0 Å². The monoisotopic (exact) mass is 312 g/mol. The molecule has 0 bridgehead atoms. The van der Waals surface area contributed by atoms with Gasteiger partial charge in [0.05, 0.1) is 16.8 Å². The summed E-state index contributed by atoms with van der Waals surface area (Å²) in [5.74, 6) is 0. The lowest BCUT2D eigenvalue weighted by Gasteiger charge is -2.16. The lowest BCUT2D eigenvalue weighted by Crippen LogP contribution is -2.11. The number of hydrogen-bond acceptors (Lipinski definition) is 3. The van der Waals surface area contributed by atoms with Crippen molar-refractivity contribution in [1.29, 1.82) is 0 Å². The summed E-state index contributed by atoms with van der Waals surface area (Å²) in [4.78, 5) is 0. The zero-order valence-electron chi connectivity index (χ0n) is 12.3. The molecule has 1 atom stereocenters. The van der Waals surface area contributed by atoms with Crippen LogP contribution < -0.4 is 5.73 Å². The third kappa shape index (κ3) is 2.63. The van der Waals surface area contributed by atoms with Crippen molar-refractivity contribution in [3.05, 3.63) is 70.9 Å². The minimum absolute atomic E-state index is 0.0419. The van der Waals surface area contributed by atoms with Gasteiger partial charge in [-0.05, 0) is 18.6 Å². The fraction of sp³-hybridized carbons (Fsp3) is 0.176. The normalized spacial score (nSPS) is 12.3. The summed E-state index contributed by atoms with van der Waals surface area (Å²) in [7, 11) is 0. The standard InChI is InChI=1S/C17H17ClN4/c1-12(13-7-3-2-4-8-13)22-17(16(11-19)20-21-22)14-9-5-6-10-15(14)18/h2-10,12H,11,19H2,1H3. The zero-order valence-corrected chi connectivity index (χ0v) is 13.0. The average molecular weight is 313 g/mol. The fourth-order valence-corrected chi connectivity index (χ4v) is 2.77. The number of rotatable bonds is 4. The van der Waals surface area contributed by atoms with E-state index in [4.69, 9.17) is 17.3 Å². The number of aromatic nitrogens is 3. The van der Waals surface area contributed by atoms with Gasteiger partial charge in [0.2, 0.25) is 0 Å². The smallest absolute Gasteiger partial charge is 0.104 e. The molecular weight excluding hydrogens is 296 g/mol. The van der Waals surface area contributed by atoms with Crippen LogP contribution in [0.4, 0.5) is 0 Å². The van der Waals surface area contributed by atoms with Gasteiger partial charge in [-0.1, -0.05) is 65.3 Å². The van der Waals surface area contributed by atoms with E-state index in [1.807, 2.05) is 47.1 Å². The summed E-state index contributed by atoms with van der Waals surface area (Å²) in [6.45, 7) is 2.41. The molecular formula is C17H17ClN4. The number of nitrogens with zero attached hydrogens (tertiary/aromatic N) is 3. The van der Waals surface area contributed by atoms with Crippen molar-refractivity contribution in [1.82, 2.24) is 15.0 Å². The highest BCUT2D eigenvalue weighted by atomic mass is 35.5. The first kappa shape index (κ1) is 14.8. The largest absolute Gasteiger partial charge is 0.325 e. The Morgan fingerprint density at radius 1 is 1.09 bits per heavy atom. The van der Waals surface area contributed by atoms with Gasteiger partial charge in [-0.2, -0.15) is 0 Å². The molecule has 0 spiro atoms. The van der Waals surface area contributed by atoms with Crippen molar-refractivity contribution in [2.24, 2.45) is 5.73 Å². The number of nitrogens with two attached hydrogens (primary N) is 1. The van der Waals surface area contributed by atoms with Crippen LogP contribution in [-0.4, -0.2) is 15.0 Å². The van der Waals surface area contributed by atoms with Gasteiger partial charge in [-0.25, -0.2) is 4.68 Å². The van der Waals surface area contributed by atoms with Crippen LogP contribution in [-0.2, 0) is 6.54 Å². The van der Waals surface area contributed by atoms with Crippen molar-refractivity contribution >= 4 is 11.6 Å². The van der Waals surface area contributed by atoms with Crippen molar-refractivity contribution in [2.75, 3.05) is 0 Å². The lowest BCUT2D eigenvalue weighted by atomic mass is 10.1.